The van der Waals surface area contributed by atoms with Gasteiger partial charge < -0.3 is 4.42 Å². The molecule has 0 aliphatic carbocycles. The Bertz CT molecular complexity index is 838. The first-order valence-electron chi connectivity index (χ1n) is 6.03. The van der Waals surface area contributed by atoms with Gasteiger partial charge in [-0.15, -0.1) is 0 Å². The van der Waals surface area contributed by atoms with E-state index in [0.29, 0.717) is 21.6 Å². The molecular weight excluding hydrogens is 274 g/mol. The fourth-order valence-corrected chi connectivity index (χ4v) is 2.07. The number of rotatable bonds is 2. The molecule has 1 aromatic carbocycles. The maximum absolute atomic E-state index is 12.3. The van der Waals surface area contributed by atoms with E-state index < -0.39 is 0 Å². The number of hydrogen-bond donors (Lipinski definition) is 0. The monoisotopic (exact) mass is 283 g/mol. The van der Waals surface area contributed by atoms with Crippen molar-refractivity contribution in [3.63, 3.8) is 0 Å². The summed E-state index contributed by atoms with van der Waals surface area (Å²) in [6.07, 6.45) is 8.39. The Balaban J connectivity index is 2.07. The fraction of sp³-hybridized carbons (Fsp3) is 0. The molecule has 4 heteroatoms. The summed E-state index contributed by atoms with van der Waals surface area (Å²) in [5.41, 5.74) is 1.81. The van der Waals surface area contributed by atoms with Crippen molar-refractivity contribution in [2.45, 2.75) is 0 Å². The molecule has 0 bridgehead atoms. The summed E-state index contributed by atoms with van der Waals surface area (Å²) in [7, 11) is 0. The van der Waals surface area contributed by atoms with Crippen LogP contribution in [0.15, 0.2) is 58.2 Å². The van der Waals surface area contributed by atoms with Crippen LogP contribution < -0.4 is 5.43 Å². The fourth-order valence-electron chi connectivity index (χ4n) is 1.89. The minimum atomic E-state index is -0.103. The van der Waals surface area contributed by atoms with Gasteiger partial charge in [0.15, 0.2) is 5.43 Å². The Labute approximate surface area is 120 Å². The molecule has 0 unspecified atom stereocenters. The predicted molar refractivity (Wildman–Crippen MR) is 80.7 cm³/mol. The lowest BCUT2D eigenvalue weighted by Gasteiger charge is -1.99. The Morgan fingerprint density at radius 3 is 2.90 bits per heavy atom. The van der Waals surface area contributed by atoms with Crippen LogP contribution in [0.4, 0.5) is 0 Å². The first kappa shape index (κ1) is 12.6. The molecule has 0 spiro atoms. The first-order valence-corrected chi connectivity index (χ1v) is 6.41. The number of halogens is 1. The molecule has 98 valence electrons. The molecule has 0 aliphatic rings. The van der Waals surface area contributed by atoms with Crippen molar-refractivity contribution in [1.29, 1.82) is 0 Å². The number of pyridine rings is 1. The van der Waals surface area contributed by atoms with Crippen molar-refractivity contribution < 1.29 is 4.42 Å². The van der Waals surface area contributed by atoms with Crippen LogP contribution in [0.3, 0.4) is 0 Å². The lowest BCUT2D eigenvalue weighted by Crippen LogP contribution is -2.04. The van der Waals surface area contributed by atoms with E-state index in [-0.39, 0.29) is 5.43 Å². The molecule has 0 amide bonds. The molecule has 3 aromatic rings. The van der Waals surface area contributed by atoms with Gasteiger partial charge >= 0.3 is 0 Å². The molecule has 0 atom stereocenters. The molecule has 3 rings (SSSR count). The van der Waals surface area contributed by atoms with E-state index in [1.54, 1.807) is 36.7 Å². The second-order valence-corrected chi connectivity index (χ2v) is 4.72. The number of nitrogens with zero attached hydrogens (tertiary/aromatic N) is 1. The average molecular weight is 284 g/mol. The summed E-state index contributed by atoms with van der Waals surface area (Å²) in [5.74, 6) is 0. The molecule has 0 radical (unpaired) electrons. The minimum absolute atomic E-state index is 0.103. The van der Waals surface area contributed by atoms with Gasteiger partial charge in [0.2, 0.25) is 0 Å². The highest BCUT2D eigenvalue weighted by molar-refractivity contribution is 6.31. The Morgan fingerprint density at radius 2 is 2.10 bits per heavy atom. The van der Waals surface area contributed by atoms with Crippen LogP contribution in [0.25, 0.3) is 23.1 Å². The Hall–Kier alpha value is -2.39. The van der Waals surface area contributed by atoms with Gasteiger partial charge in [-0.25, -0.2) is 0 Å². The van der Waals surface area contributed by atoms with E-state index in [9.17, 15) is 4.79 Å². The topological polar surface area (TPSA) is 43.1 Å². The van der Waals surface area contributed by atoms with Gasteiger partial charge in [-0.3, -0.25) is 9.78 Å². The molecular formula is C16H10ClNO2. The van der Waals surface area contributed by atoms with Gasteiger partial charge in [-0.2, -0.15) is 0 Å². The van der Waals surface area contributed by atoms with Crippen molar-refractivity contribution in [2.24, 2.45) is 0 Å². The van der Waals surface area contributed by atoms with Crippen LogP contribution in [-0.2, 0) is 0 Å². The summed E-state index contributed by atoms with van der Waals surface area (Å²) < 4.78 is 5.44. The zero-order chi connectivity index (χ0) is 13.9. The third-order valence-corrected chi connectivity index (χ3v) is 3.14. The Morgan fingerprint density at radius 1 is 1.20 bits per heavy atom. The lowest BCUT2D eigenvalue weighted by atomic mass is 10.1. The summed E-state index contributed by atoms with van der Waals surface area (Å²) in [4.78, 5) is 16.3. The molecule has 0 saturated carbocycles. The number of aromatic nitrogens is 1. The molecule has 0 fully saturated rings. The third kappa shape index (κ3) is 2.49. The van der Waals surface area contributed by atoms with Gasteiger partial charge in [-0.1, -0.05) is 23.7 Å². The third-order valence-electron chi connectivity index (χ3n) is 2.90. The zero-order valence-electron chi connectivity index (χ0n) is 10.4. The molecule has 0 N–H and O–H groups in total. The van der Waals surface area contributed by atoms with E-state index in [4.69, 9.17) is 16.0 Å². The second kappa shape index (κ2) is 5.31. The number of fused-ring (bicyclic) bond motifs is 1. The number of hydrogen-bond acceptors (Lipinski definition) is 3. The normalized spacial score (nSPS) is 11.2. The maximum Gasteiger partial charge on any atom is 0.199 e. The van der Waals surface area contributed by atoms with Gasteiger partial charge in [0, 0.05) is 17.4 Å². The molecule has 0 aliphatic heterocycles. The highest BCUT2D eigenvalue weighted by Crippen LogP contribution is 2.17. The smallest absolute Gasteiger partial charge is 0.199 e. The van der Waals surface area contributed by atoms with Crippen LogP contribution in [0.5, 0.6) is 0 Å². The van der Waals surface area contributed by atoms with Crippen molar-refractivity contribution in [3.05, 3.63) is 75.4 Å². The van der Waals surface area contributed by atoms with Gasteiger partial charge in [0.05, 0.1) is 10.9 Å². The van der Waals surface area contributed by atoms with E-state index in [0.717, 1.165) is 5.56 Å². The summed E-state index contributed by atoms with van der Waals surface area (Å²) in [5, 5.41) is 0.990. The van der Waals surface area contributed by atoms with Gasteiger partial charge in [-0.05, 0) is 35.9 Å². The van der Waals surface area contributed by atoms with E-state index in [2.05, 4.69) is 4.98 Å². The average Bonchev–Trinajstić information content (AvgIpc) is 2.48. The summed E-state index contributed by atoms with van der Waals surface area (Å²) in [6.45, 7) is 0. The standard InChI is InChI=1S/C16H10ClNO2/c17-13-5-6-15-14(8-13)16(19)12(10-20-15)4-3-11-2-1-7-18-9-11/h1-10H/b4-3-. The molecule has 3 nitrogen and oxygen atoms in total. The maximum atomic E-state index is 12.3. The van der Waals surface area contributed by atoms with Gasteiger partial charge in [0.25, 0.3) is 0 Å². The number of benzene rings is 1. The minimum Gasteiger partial charge on any atom is -0.463 e. The van der Waals surface area contributed by atoms with Crippen molar-refractivity contribution in [3.8, 4) is 0 Å². The van der Waals surface area contributed by atoms with Crippen molar-refractivity contribution in [1.82, 2.24) is 4.98 Å². The van der Waals surface area contributed by atoms with E-state index >= 15 is 0 Å². The van der Waals surface area contributed by atoms with Gasteiger partial charge in [0.1, 0.15) is 11.8 Å². The quantitative estimate of drug-likeness (QED) is 0.713. The second-order valence-electron chi connectivity index (χ2n) is 4.28. The van der Waals surface area contributed by atoms with Crippen LogP contribution in [-0.4, -0.2) is 4.98 Å². The first-order chi connectivity index (χ1) is 9.74. The van der Waals surface area contributed by atoms with E-state index in [1.165, 1.54) is 6.26 Å². The van der Waals surface area contributed by atoms with Crippen LogP contribution in [0.1, 0.15) is 11.1 Å². The molecule has 2 heterocycles. The highest BCUT2D eigenvalue weighted by Gasteiger charge is 2.05. The summed E-state index contributed by atoms with van der Waals surface area (Å²) in [6, 6.07) is 8.74. The Kier molecular flexibility index (Phi) is 3.35. The molecule has 2 aromatic heterocycles. The molecule has 0 saturated heterocycles. The van der Waals surface area contributed by atoms with Crippen molar-refractivity contribution >= 4 is 34.7 Å². The zero-order valence-corrected chi connectivity index (χ0v) is 11.2. The van der Waals surface area contributed by atoms with E-state index in [1.807, 2.05) is 18.2 Å². The van der Waals surface area contributed by atoms with Crippen LogP contribution in [0.2, 0.25) is 5.02 Å². The van der Waals surface area contributed by atoms with Crippen LogP contribution in [0, 0.1) is 0 Å². The predicted octanol–water partition coefficient (Wildman–Crippen LogP) is 4.01. The lowest BCUT2D eigenvalue weighted by molar-refractivity contribution is 0.601. The highest BCUT2D eigenvalue weighted by atomic mass is 35.5. The summed E-state index contributed by atoms with van der Waals surface area (Å²) >= 11 is 5.91. The SMILES string of the molecule is O=c1c(/C=C\c2cccnc2)coc2ccc(Cl)cc12. The van der Waals surface area contributed by atoms with Crippen LogP contribution >= 0.6 is 11.6 Å². The molecule has 20 heavy (non-hydrogen) atoms. The largest absolute Gasteiger partial charge is 0.463 e. The van der Waals surface area contributed by atoms with Crippen molar-refractivity contribution in [2.75, 3.05) is 0 Å².